The number of thioether (sulfide) groups is 1. The SMILES string of the molecule is [CH](COc1ccccc1)C1NCCS1. The number of benzene rings is 1. The Morgan fingerprint density at radius 2 is 2.29 bits per heavy atom. The molecular formula is C11H14NOS. The van der Waals surface area contributed by atoms with Gasteiger partial charge in [0.15, 0.2) is 0 Å². The fourth-order valence-corrected chi connectivity index (χ4v) is 2.29. The lowest BCUT2D eigenvalue weighted by molar-refractivity contribution is 0.343. The predicted octanol–water partition coefficient (Wildman–Crippen LogP) is 1.93. The van der Waals surface area contributed by atoms with Crippen molar-refractivity contribution in [2.75, 3.05) is 18.9 Å². The fourth-order valence-electron chi connectivity index (χ4n) is 1.35. The Morgan fingerprint density at radius 1 is 1.43 bits per heavy atom. The molecule has 0 aliphatic carbocycles. The van der Waals surface area contributed by atoms with Crippen LogP contribution in [0.2, 0.25) is 0 Å². The molecule has 1 heterocycles. The molecule has 1 aliphatic rings. The first-order chi connectivity index (χ1) is 6.95. The highest BCUT2D eigenvalue weighted by Gasteiger charge is 2.14. The Bertz CT molecular complexity index is 259. The number of ether oxygens (including phenoxy) is 1. The Hall–Kier alpha value is -0.670. The van der Waals surface area contributed by atoms with Crippen molar-refractivity contribution >= 4 is 11.8 Å². The molecule has 1 fully saturated rings. The van der Waals surface area contributed by atoms with Crippen molar-refractivity contribution in [3.8, 4) is 5.75 Å². The lowest BCUT2D eigenvalue weighted by atomic mass is 10.3. The molecule has 1 aromatic rings. The van der Waals surface area contributed by atoms with E-state index in [1.807, 2.05) is 42.1 Å². The average Bonchev–Trinajstić information content (AvgIpc) is 2.72. The van der Waals surface area contributed by atoms with Gasteiger partial charge in [-0.1, -0.05) is 18.2 Å². The van der Waals surface area contributed by atoms with E-state index in [1.165, 1.54) is 5.75 Å². The molecule has 1 N–H and O–H groups in total. The molecule has 14 heavy (non-hydrogen) atoms. The highest BCUT2D eigenvalue weighted by atomic mass is 32.2. The van der Waals surface area contributed by atoms with Gasteiger partial charge in [0.05, 0.1) is 12.0 Å². The summed E-state index contributed by atoms with van der Waals surface area (Å²) in [6, 6.07) is 9.91. The number of nitrogens with one attached hydrogen (secondary N) is 1. The standard InChI is InChI=1S/C11H14NOS/c1-2-4-10(5-3-1)13-8-6-11-12-7-9-14-11/h1-6,11-12H,7-9H2. The zero-order chi connectivity index (χ0) is 9.64. The normalized spacial score (nSPS) is 21.0. The monoisotopic (exact) mass is 208 g/mol. The molecular weight excluding hydrogens is 194 g/mol. The summed E-state index contributed by atoms with van der Waals surface area (Å²) >= 11 is 1.93. The zero-order valence-corrected chi connectivity index (χ0v) is 8.80. The van der Waals surface area contributed by atoms with E-state index in [4.69, 9.17) is 4.74 Å². The first kappa shape index (κ1) is 9.87. The molecule has 0 saturated carbocycles. The van der Waals surface area contributed by atoms with Gasteiger partial charge in [-0.05, 0) is 12.1 Å². The Morgan fingerprint density at radius 3 is 3.00 bits per heavy atom. The van der Waals surface area contributed by atoms with E-state index in [1.54, 1.807) is 0 Å². The summed E-state index contributed by atoms with van der Waals surface area (Å²) in [5, 5.41) is 3.84. The van der Waals surface area contributed by atoms with E-state index in [0.717, 1.165) is 12.3 Å². The van der Waals surface area contributed by atoms with E-state index in [9.17, 15) is 0 Å². The summed E-state index contributed by atoms with van der Waals surface area (Å²) in [5.41, 5.74) is 0. The highest BCUT2D eigenvalue weighted by molar-refractivity contribution is 8.00. The van der Waals surface area contributed by atoms with Gasteiger partial charge in [-0.3, -0.25) is 0 Å². The maximum atomic E-state index is 5.56. The van der Waals surface area contributed by atoms with Crippen molar-refractivity contribution in [2.24, 2.45) is 0 Å². The minimum Gasteiger partial charge on any atom is -0.493 e. The van der Waals surface area contributed by atoms with Crippen LogP contribution < -0.4 is 10.1 Å². The van der Waals surface area contributed by atoms with Crippen LogP contribution in [0.15, 0.2) is 30.3 Å². The van der Waals surface area contributed by atoms with Crippen LogP contribution in [0.25, 0.3) is 0 Å². The van der Waals surface area contributed by atoms with E-state index in [2.05, 4.69) is 11.7 Å². The Kier molecular flexibility index (Phi) is 3.72. The van der Waals surface area contributed by atoms with Crippen LogP contribution in [0.4, 0.5) is 0 Å². The molecule has 0 amide bonds. The molecule has 75 valence electrons. The first-order valence-corrected chi connectivity index (χ1v) is 5.86. The van der Waals surface area contributed by atoms with Gasteiger partial charge in [0.1, 0.15) is 5.75 Å². The van der Waals surface area contributed by atoms with Gasteiger partial charge in [0, 0.05) is 18.7 Å². The molecule has 1 saturated heterocycles. The molecule has 1 aromatic carbocycles. The quantitative estimate of drug-likeness (QED) is 0.817. The van der Waals surface area contributed by atoms with Gasteiger partial charge in [-0.15, -0.1) is 11.8 Å². The van der Waals surface area contributed by atoms with Crippen molar-refractivity contribution < 1.29 is 4.74 Å². The van der Waals surface area contributed by atoms with Crippen molar-refractivity contribution in [1.82, 2.24) is 5.32 Å². The summed E-state index contributed by atoms with van der Waals surface area (Å²) in [4.78, 5) is 0. The second-order valence-corrected chi connectivity index (χ2v) is 4.35. The van der Waals surface area contributed by atoms with E-state index in [-0.39, 0.29) is 0 Å². The maximum Gasteiger partial charge on any atom is 0.119 e. The minimum atomic E-state index is 0.471. The molecule has 1 unspecified atom stereocenters. The van der Waals surface area contributed by atoms with Gasteiger partial charge in [0.25, 0.3) is 0 Å². The second-order valence-electron chi connectivity index (χ2n) is 3.11. The van der Waals surface area contributed by atoms with Crippen LogP contribution in [-0.4, -0.2) is 24.3 Å². The summed E-state index contributed by atoms with van der Waals surface area (Å²) in [6.07, 6.45) is 2.17. The molecule has 0 bridgehead atoms. The third-order valence-electron chi connectivity index (χ3n) is 2.05. The lowest BCUT2D eigenvalue weighted by Crippen LogP contribution is -2.22. The van der Waals surface area contributed by atoms with E-state index < -0.39 is 0 Å². The van der Waals surface area contributed by atoms with Gasteiger partial charge in [-0.2, -0.15) is 0 Å². The van der Waals surface area contributed by atoms with Crippen molar-refractivity contribution in [1.29, 1.82) is 0 Å². The number of hydrogen-bond acceptors (Lipinski definition) is 3. The van der Waals surface area contributed by atoms with Crippen LogP contribution in [-0.2, 0) is 0 Å². The smallest absolute Gasteiger partial charge is 0.119 e. The maximum absolute atomic E-state index is 5.56. The van der Waals surface area contributed by atoms with Crippen LogP contribution in [0.3, 0.4) is 0 Å². The van der Waals surface area contributed by atoms with Crippen molar-refractivity contribution in [3.63, 3.8) is 0 Å². The second kappa shape index (κ2) is 5.27. The molecule has 0 spiro atoms. The molecule has 1 radical (unpaired) electrons. The van der Waals surface area contributed by atoms with Crippen LogP contribution in [0.1, 0.15) is 0 Å². The zero-order valence-electron chi connectivity index (χ0n) is 7.98. The molecule has 2 nitrogen and oxygen atoms in total. The van der Waals surface area contributed by atoms with Crippen LogP contribution in [0.5, 0.6) is 5.75 Å². The number of para-hydroxylation sites is 1. The van der Waals surface area contributed by atoms with Crippen LogP contribution in [0, 0.1) is 6.42 Å². The van der Waals surface area contributed by atoms with Crippen molar-refractivity contribution in [2.45, 2.75) is 5.37 Å². The highest BCUT2D eigenvalue weighted by Crippen LogP contribution is 2.16. The largest absolute Gasteiger partial charge is 0.493 e. The molecule has 3 heteroatoms. The van der Waals surface area contributed by atoms with Gasteiger partial charge in [-0.25, -0.2) is 0 Å². The Labute approximate surface area is 89.0 Å². The summed E-state index contributed by atoms with van der Waals surface area (Å²) < 4.78 is 5.56. The first-order valence-electron chi connectivity index (χ1n) is 4.81. The number of rotatable bonds is 4. The Balaban J connectivity index is 1.67. The molecule has 0 aromatic heterocycles. The third kappa shape index (κ3) is 2.93. The summed E-state index contributed by atoms with van der Waals surface area (Å²) in [7, 11) is 0. The topological polar surface area (TPSA) is 21.3 Å². The van der Waals surface area contributed by atoms with Gasteiger partial charge >= 0.3 is 0 Å². The predicted molar refractivity (Wildman–Crippen MR) is 60.5 cm³/mol. The van der Waals surface area contributed by atoms with E-state index in [0.29, 0.717) is 12.0 Å². The van der Waals surface area contributed by atoms with Gasteiger partial charge < -0.3 is 10.1 Å². The molecule has 1 atom stereocenters. The lowest BCUT2D eigenvalue weighted by Gasteiger charge is -2.09. The fraction of sp³-hybridized carbons (Fsp3) is 0.364. The third-order valence-corrected chi connectivity index (χ3v) is 3.21. The summed E-state index contributed by atoms with van der Waals surface area (Å²) in [5.74, 6) is 2.14. The molecule has 2 rings (SSSR count). The molecule has 1 aliphatic heterocycles. The average molecular weight is 208 g/mol. The van der Waals surface area contributed by atoms with Crippen molar-refractivity contribution in [3.05, 3.63) is 36.8 Å². The summed E-state index contributed by atoms with van der Waals surface area (Å²) in [6.45, 7) is 1.78. The minimum absolute atomic E-state index is 0.471. The van der Waals surface area contributed by atoms with Crippen LogP contribution >= 0.6 is 11.8 Å². The van der Waals surface area contributed by atoms with Gasteiger partial charge in [0.2, 0.25) is 0 Å². The number of hydrogen-bond donors (Lipinski definition) is 1. The van der Waals surface area contributed by atoms with E-state index >= 15 is 0 Å².